The first-order valence-electron chi connectivity index (χ1n) is 12.7. The lowest BCUT2D eigenvalue weighted by molar-refractivity contribution is -0.138. The molecule has 0 spiro atoms. The topological polar surface area (TPSA) is 208 Å². The summed E-state index contributed by atoms with van der Waals surface area (Å²) in [6.45, 7) is 1.94. The molecule has 0 radical (unpaired) electrons. The van der Waals surface area contributed by atoms with Gasteiger partial charge in [0.25, 0.3) is 0 Å². The molecule has 1 amide bonds. The Labute approximate surface area is 229 Å². The molecule has 1 aliphatic rings. The van der Waals surface area contributed by atoms with E-state index in [4.69, 9.17) is 32.2 Å². The van der Waals surface area contributed by atoms with Gasteiger partial charge in [-0.2, -0.15) is 0 Å². The highest BCUT2D eigenvalue weighted by atomic mass is 16.5. The first-order valence-corrected chi connectivity index (χ1v) is 12.7. The second-order valence-corrected chi connectivity index (χ2v) is 8.73. The minimum Gasteiger partial charge on any atom is -0.497 e. The summed E-state index contributed by atoms with van der Waals surface area (Å²) >= 11 is 0. The summed E-state index contributed by atoms with van der Waals surface area (Å²) in [6.07, 6.45) is 8.56. The first kappa shape index (κ1) is 35.2. The van der Waals surface area contributed by atoms with Gasteiger partial charge in [-0.15, -0.1) is 0 Å². The molecule has 11 heteroatoms. The van der Waals surface area contributed by atoms with Gasteiger partial charge in [0.15, 0.2) is 0 Å². The number of nitrogens with two attached hydrogens (primary N) is 3. The number of amides is 1. The van der Waals surface area contributed by atoms with Crippen molar-refractivity contribution in [2.24, 2.45) is 17.2 Å². The van der Waals surface area contributed by atoms with Crippen molar-refractivity contribution in [3.63, 3.8) is 0 Å². The molecule has 2 aromatic rings. The third kappa shape index (κ3) is 18.2. The molecule has 3 rings (SSSR count). The lowest BCUT2D eigenvalue weighted by Crippen LogP contribution is -2.30. The van der Waals surface area contributed by atoms with E-state index in [2.05, 4.69) is 5.32 Å². The third-order valence-electron chi connectivity index (χ3n) is 5.39. The summed E-state index contributed by atoms with van der Waals surface area (Å²) in [4.78, 5) is 41.2. The second-order valence-electron chi connectivity index (χ2n) is 8.73. The zero-order valence-corrected chi connectivity index (χ0v) is 22.7. The number of aromatic carboxylic acids is 1. The third-order valence-corrected chi connectivity index (χ3v) is 5.39. The van der Waals surface area contributed by atoms with Gasteiger partial charge in [-0.3, -0.25) is 14.4 Å². The van der Waals surface area contributed by atoms with Crippen LogP contribution in [-0.2, 0) is 9.59 Å². The Bertz CT molecular complexity index is 976. The van der Waals surface area contributed by atoms with Gasteiger partial charge in [-0.05, 0) is 80.8 Å². The number of carboxylic acids is 2. The number of aliphatic carboxylic acids is 1. The van der Waals surface area contributed by atoms with Crippen LogP contribution in [0.5, 0.6) is 5.75 Å². The molecular weight excluding hydrogens is 504 g/mol. The van der Waals surface area contributed by atoms with Crippen molar-refractivity contribution in [1.29, 1.82) is 0 Å². The van der Waals surface area contributed by atoms with Crippen molar-refractivity contribution in [1.82, 2.24) is 0 Å². The molecule has 2 aromatic carbocycles. The molecule has 11 nitrogen and oxygen atoms in total. The van der Waals surface area contributed by atoms with E-state index >= 15 is 0 Å². The van der Waals surface area contributed by atoms with Gasteiger partial charge >= 0.3 is 11.9 Å². The normalized spacial score (nSPS) is 12.9. The summed E-state index contributed by atoms with van der Waals surface area (Å²) in [7, 11) is 1.54. The number of ether oxygens (including phenoxy) is 1. The smallest absolute Gasteiger partial charge is 0.335 e. The number of hydrogen-bond donors (Lipinski definition) is 6. The fourth-order valence-corrected chi connectivity index (χ4v) is 3.18. The van der Waals surface area contributed by atoms with E-state index in [-0.39, 0.29) is 11.5 Å². The average molecular weight is 547 g/mol. The molecule has 0 saturated heterocycles. The SMILES string of the molecule is CC(=O)Nc1ccc(C=O)cc1.COc1ccc(C(=O)O)cc1.NC1CCCCC1.NCCCC(N)C(=O)O. The van der Waals surface area contributed by atoms with E-state index in [1.54, 1.807) is 36.4 Å². The zero-order chi connectivity index (χ0) is 29.6. The Hall–Kier alpha value is -3.80. The van der Waals surface area contributed by atoms with Crippen LogP contribution >= 0.6 is 0 Å². The van der Waals surface area contributed by atoms with Gasteiger partial charge in [0.2, 0.25) is 5.91 Å². The van der Waals surface area contributed by atoms with Gasteiger partial charge in [0, 0.05) is 24.2 Å². The monoisotopic (exact) mass is 546 g/mol. The van der Waals surface area contributed by atoms with E-state index in [1.807, 2.05) is 0 Å². The Kier molecular flexibility index (Phi) is 19.1. The molecule has 9 N–H and O–H groups in total. The van der Waals surface area contributed by atoms with Crippen LogP contribution in [0.25, 0.3) is 0 Å². The Balaban J connectivity index is 0.000000503. The second kappa shape index (κ2) is 21.2. The van der Waals surface area contributed by atoms with E-state index in [0.29, 0.717) is 42.4 Å². The largest absolute Gasteiger partial charge is 0.497 e. The number of carbonyl (C=O) groups excluding carboxylic acids is 2. The number of hydrogen-bond acceptors (Lipinski definition) is 8. The highest BCUT2D eigenvalue weighted by molar-refractivity contribution is 5.89. The number of methoxy groups -OCH3 is 1. The molecule has 39 heavy (non-hydrogen) atoms. The minimum atomic E-state index is -0.955. The molecule has 1 fully saturated rings. The highest BCUT2D eigenvalue weighted by Crippen LogP contribution is 2.15. The van der Waals surface area contributed by atoms with Crippen molar-refractivity contribution >= 4 is 29.8 Å². The van der Waals surface area contributed by atoms with Crippen molar-refractivity contribution in [2.45, 2.75) is 64.0 Å². The van der Waals surface area contributed by atoms with Crippen LogP contribution in [0.1, 0.15) is 72.6 Å². The molecule has 1 aliphatic carbocycles. The van der Waals surface area contributed by atoms with Crippen molar-refractivity contribution in [3.05, 3.63) is 59.7 Å². The van der Waals surface area contributed by atoms with Crippen LogP contribution in [0.3, 0.4) is 0 Å². The zero-order valence-electron chi connectivity index (χ0n) is 22.7. The number of rotatable bonds is 8. The summed E-state index contributed by atoms with van der Waals surface area (Å²) in [5, 5.41) is 19.4. The summed E-state index contributed by atoms with van der Waals surface area (Å²) in [5.74, 6) is -1.33. The van der Waals surface area contributed by atoms with Crippen molar-refractivity contribution < 1.29 is 34.1 Å². The molecule has 216 valence electrons. The van der Waals surface area contributed by atoms with Crippen LogP contribution in [0, 0.1) is 0 Å². The van der Waals surface area contributed by atoms with E-state index in [0.717, 1.165) is 6.29 Å². The molecule has 1 unspecified atom stereocenters. The lowest BCUT2D eigenvalue weighted by atomic mass is 9.97. The number of benzene rings is 2. The summed E-state index contributed by atoms with van der Waals surface area (Å²) in [5.41, 5.74) is 17.5. The van der Waals surface area contributed by atoms with Crippen LogP contribution in [0.2, 0.25) is 0 Å². The number of anilines is 1. The molecule has 0 heterocycles. The maximum absolute atomic E-state index is 10.6. The fraction of sp³-hybridized carbons (Fsp3) is 0.429. The molecule has 1 saturated carbocycles. The van der Waals surface area contributed by atoms with Gasteiger partial charge in [0.1, 0.15) is 18.1 Å². The van der Waals surface area contributed by atoms with Gasteiger partial charge < -0.3 is 37.5 Å². The standard InChI is InChI=1S/C9H9NO2.C8H8O3.C6H13N.C5H12N2O2/c1-7(12)10-9-4-2-8(6-11)3-5-9;1-11-7-4-2-6(3-5-7)8(9)10;7-6-4-2-1-3-5-6;6-3-1-2-4(7)5(8)9/h2-6H,1H3,(H,10,12);2-5H,1H3,(H,9,10);6H,1-5,7H2;4H,1-3,6-7H2,(H,8,9). The number of aldehydes is 1. The van der Waals surface area contributed by atoms with Gasteiger partial charge in [-0.1, -0.05) is 19.3 Å². The van der Waals surface area contributed by atoms with Crippen molar-refractivity contribution in [3.8, 4) is 5.75 Å². The van der Waals surface area contributed by atoms with Crippen molar-refractivity contribution in [2.75, 3.05) is 19.0 Å². The number of carbonyl (C=O) groups is 4. The molecule has 1 atom stereocenters. The number of carboxylic acid groups (broad SMARTS) is 2. The molecular formula is C28H42N4O7. The number of nitrogens with one attached hydrogen (secondary N) is 1. The minimum absolute atomic E-state index is 0.117. The highest BCUT2D eigenvalue weighted by Gasteiger charge is 2.09. The van der Waals surface area contributed by atoms with Crippen LogP contribution < -0.4 is 27.3 Å². The fourth-order valence-electron chi connectivity index (χ4n) is 3.18. The maximum Gasteiger partial charge on any atom is 0.335 e. The Morgan fingerprint density at radius 1 is 1.03 bits per heavy atom. The average Bonchev–Trinajstić information content (AvgIpc) is 2.93. The predicted octanol–water partition coefficient (Wildman–Crippen LogP) is 3.27. The van der Waals surface area contributed by atoms with E-state index in [1.165, 1.54) is 58.3 Å². The molecule has 0 aromatic heterocycles. The molecule has 0 aliphatic heterocycles. The summed E-state index contributed by atoms with van der Waals surface area (Å²) < 4.78 is 4.86. The Morgan fingerprint density at radius 2 is 1.59 bits per heavy atom. The van der Waals surface area contributed by atoms with Gasteiger partial charge in [-0.25, -0.2) is 4.79 Å². The van der Waals surface area contributed by atoms with E-state index < -0.39 is 18.0 Å². The summed E-state index contributed by atoms with van der Waals surface area (Å²) in [6, 6.07) is 12.7. The molecule has 0 bridgehead atoms. The first-order chi connectivity index (χ1) is 18.5. The van der Waals surface area contributed by atoms with Crippen LogP contribution in [0.15, 0.2) is 48.5 Å². The Morgan fingerprint density at radius 3 is 1.95 bits per heavy atom. The quantitative estimate of drug-likeness (QED) is 0.266. The van der Waals surface area contributed by atoms with E-state index in [9.17, 15) is 19.2 Å². The van der Waals surface area contributed by atoms with Gasteiger partial charge in [0.05, 0.1) is 12.7 Å². The van der Waals surface area contributed by atoms with Crippen LogP contribution in [-0.4, -0.2) is 60.1 Å². The van der Waals surface area contributed by atoms with Crippen LogP contribution in [0.4, 0.5) is 5.69 Å². The lowest BCUT2D eigenvalue weighted by Gasteiger charge is -2.15. The maximum atomic E-state index is 10.6. The predicted molar refractivity (Wildman–Crippen MR) is 151 cm³/mol.